The Kier molecular flexibility index (Phi) is 3.03. The van der Waals surface area contributed by atoms with Crippen LogP contribution < -0.4 is 4.74 Å². The van der Waals surface area contributed by atoms with Gasteiger partial charge in [0.25, 0.3) is 0 Å². The Morgan fingerprint density at radius 1 is 1.39 bits per heavy atom. The third-order valence-electron chi connectivity index (χ3n) is 3.15. The molecule has 4 nitrogen and oxygen atoms in total. The van der Waals surface area contributed by atoms with Crippen molar-refractivity contribution in [2.75, 3.05) is 7.11 Å². The molecule has 0 saturated carbocycles. The maximum atomic E-state index is 11.3. The van der Waals surface area contributed by atoms with Crippen LogP contribution in [0.3, 0.4) is 0 Å². The van der Waals surface area contributed by atoms with Crippen LogP contribution in [0, 0.1) is 6.92 Å². The molecule has 0 amide bonds. The van der Waals surface area contributed by atoms with Crippen molar-refractivity contribution in [3.05, 3.63) is 29.0 Å². The number of aromatic carboxylic acids is 1. The lowest BCUT2D eigenvalue weighted by Crippen LogP contribution is -2.02. The minimum atomic E-state index is -0.923. The van der Waals surface area contributed by atoms with Crippen molar-refractivity contribution in [2.45, 2.75) is 26.7 Å². The van der Waals surface area contributed by atoms with E-state index in [4.69, 9.17) is 4.74 Å². The number of carbonyl (C=O) groups is 1. The average molecular weight is 247 g/mol. The van der Waals surface area contributed by atoms with Crippen molar-refractivity contribution in [3.63, 3.8) is 0 Å². The number of aromatic amines is 1. The maximum Gasteiger partial charge on any atom is 0.352 e. The first kappa shape index (κ1) is 12.5. The molecule has 2 rings (SSSR count). The largest absolute Gasteiger partial charge is 0.497 e. The Morgan fingerprint density at radius 2 is 2.06 bits per heavy atom. The first-order valence-electron chi connectivity index (χ1n) is 5.89. The molecule has 0 atom stereocenters. The molecule has 0 aliphatic heterocycles. The summed E-state index contributed by atoms with van der Waals surface area (Å²) in [7, 11) is 1.61. The van der Waals surface area contributed by atoms with E-state index in [2.05, 4.69) is 4.98 Å². The SMILES string of the molecule is COc1cc(C)c2[nH]c(C(=O)O)c(C(C)C)c2c1. The average Bonchev–Trinajstić information content (AvgIpc) is 2.68. The minimum Gasteiger partial charge on any atom is -0.497 e. The quantitative estimate of drug-likeness (QED) is 0.874. The minimum absolute atomic E-state index is 0.136. The summed E-state index contributed by atoms with van der Waals surface area (Å²) in [5.74, 6) is -0.0394. The zero-order valence-electron chi connectivity index (χ0n) is 11.0. The van der Waals surface area contributed by atoms with Crippen LogP contribution >= 0.6 is 0 Å². The molecule has 0 fully saturated rings. The van der Waals surface area contributed by atoms with Crippen LogP contribution in [-0.4, -0.2) is 23.2 Å². The van der Waals surface area contributed by atoms with E-state index in [0.717, 1.165) is 27.8 Å². The highest BCUT2D eigenvalue weighted by molar-refractivity contribution is 5.99. The van der Waals surface area contributed by atoms with Crippen LogP contribution in [0.5, 0.6) is 5.75 Å². The van der Waals surface area contributed by atoms with E-state index in [9.17, 15) is 9.90 Å². The van der Waals surface area contributed by atoms with Crippen LogP contribution in [0.15, 0.2) is 12.1 Å². The molecular weight excluding hydrogens is 230 g/mol. The number of aromatic nitrogens is 1. The van der Waals surface area contributed by atoms with Gasteiger partial charge in [-0.3, -0.25) is 0 Å². The van der Waals surface area contributed by atoms with E-state index >= 15 is 0 Å². The fourth-order valence-electron chi connectivity index (χ4n) is 2.35. The lowest BCUT2D eigenvalue weighted by Gasteiger charge is -2.07. The van der Waals surface area contributed by atoms with E-state index in [1.807, 2.05) is 32.9 Å². The highest BCUT2D eigenvalue weighted by Gasteiger charge is 2.20. The molecule has 1 heterocycles. The third-order valence-corrected chi connectivity index (χ3v) is 3.15. The number of carboxylic acids is 1. The molecule has 1 aromatic carbocycles. The van der Waals surface area contributed by atoms with E-state index in [1.54, 1.807) is 7.11 Å². The predicted octanol–water partition coefficient (Wildman–Crippen LogP) is 3.31. The van der Waals surface area contributed by atoms with Gasteiger partial charge in [0.15, 0.2) is 0 Å². The zero-order chi connectivity index (χ0) is 13.4. The van der Waals surface area contributed by atoms with Crippen LogP contribution in [0.25, 0.3) is 10.9 Å². The highest BCUT2D eigenvalue weighted by Crippen LogP contribution is 2.33. The molecule has 0 radical (unpaired) electrons. The molecule has 0 saturated heterocycles. The van der Waals surface area contributed by atoms with Gasteiger partial charge in [-0.2, -0.15) is 0 Å². The Labute approximate surface area is 106 Å². The van der Waals surface area contributed by atoms with Crippen molar-refractivity contribution in [3.8, 4) is 5.75 Å². The van der Waals surface area contributed by atoms with Crippen molar-refractivity contribution >= 4 is 16.9 Å². The molecular formula is C14H17NO3. The summed E-state index contributed by atoms with van der Waals surface area (Å²) in [6, 6.07) is 3.79. The second-order valence-corrected chi connectivity index (χ2v) is 4.74. The Hall–Kier alpha value is -1.97. The topological polar surface area (TPSA) is 62.3 Å². The Morgan fingerprint density at radius 3 is 2.56 bits per heavy atom. The Balaban J connectivity index is 2.86. The monoisotopic (exact) mass is 247 g/mol. The number of methoxy groups -OCH3 is 1. The van der Waals surface area contributed by atoms with Crippen molar-refractivity contribution < 1.29 is 14.6 Å². The molecule has 0 unspecified atom stereocenters. The smallest absolute Gasteiger partial charge is 0.352 e. The molecule has 0 aliphatic carbocycles. The first-order chi connectivity index (χ1) is 8.45. The third kappa shape index (κ3) is 1.83. The summed E-state index contributed by atoms with van der Waals surface area (Å²) in [5, 5.41) is 10.2. The van der Waals surface area contributed by atoms with Gasteiger partial charge in [0.2, 0.25) is 0 Å². The zero-order valence-corrected chi connectivity index (χ0v) is 11.0. The number of ether oxygens (including phenoxy) is 1. The van der Waals surface area contributed by atoms with Gasteiger partial charge in [0, 0.05) is 10.9 Å². The second kappa shape index (κ2) is 4.37. The fraction of sp³-hybridized carbons (Fsp3) is 0.357. The molecule has 4 heteroatoms. The normalized spacial score (nSPS) is 11.2. The van der Waals surface area contributed by atoms with Crippen molar-refractivity contribution in [1.82, 2.24) is 4.98 Å². The molecule has 0 spiro atoms. The van der Waals surface area contributed by atoms with Crippen molar-refractivity contribution in [1.29, 1.82) is 0 Å². The number of carboxylic acid groups (broad SMARTS) is 1. The summed E-state index contributed by atoms with van der Waals surface area (Å²) in [4.78, 5) is 14.3. The summed E-state index contributed by atoms with van der Waals surface area (Å²) >= 11 is 0. The first-order valence-corrected chi connectivity index (χ1v) is 5.89. The molecule has 1 aromatic heterocycles. The van der Waals surface area contributed by atoms with Gasteiger partial charge in [0.1, 0.15) is 11.4 Å². The molecule has 2 aromatic rings. The molecule has 96 valence electrons. The Bertz CT molecular complexity index is 611. The van der Waals surface area contributed by atoms with Gasteiger partial charge in [-0.25, -0.2) is 4.79 Å². The van der Waals surface area contributed by atoms with Gasteiger partial charge >= 0.3 is 5.97 Å². The number of hydrogen-bond donors (Lipinski definition) is 2. The number of fused-ring (bicyclic) bond motifs is 1. The summed E-state index contributed by atoms with van der Waals surface area (Å²) in [5.41, 5.74) is 2.96. The van der Waals surface area contributed by atoms with Gasteiger partial charge in [0.05, 0.1) is 7.11 Å². The number of nitrogens with one attached hydrogen (secondary N) is 1. The number of rotatable bonds is 3. The van der Waals surface area contributed by atoms with Crippen LogP contribution in [-0.2, 0) is 0 Å². The van der Waals surface area contributed by atoms with Gasteiger partial charge in [-0.1, -0.05) is 13.8 Å². The van der Waals surface area contributed by atoms with Crippen molar-refractivity contribution in [2.24, 2.45) is 0 Å². The van der Waals surface area contributed by atoms with E-state index < -0.39 is 5.97 Å². The van der Waals surface area contributed by atoms with Crippen LogP contribution in [0.4, 0.5) is 0 Å². The van der Waals surface area contributed by atoms with E-state index in [0.29, 0.717) is 0 Å². The predicted molar refractivity (Wildman–Crippen MR) is 70.6 cm³/mol. The number of H-pyrrole nitrogens is 1. The second-order valence-electron chi connectivity index (χ2n) is 4.74. The number of aryl methyl sites for hydroxylation is 1. The van der Waals surface area contributed by atoms with Gasteiger partial charge < -0.3 is 14.8 Å². The lowest BCUT2D eigenvalue weighted by molar-refractivity contribution is 0.0690. The summed E-state index contributed by atoms with van der Waals surface area (Å²) in [6.07, 6.45) is 0. The molecule has 2 N–H and O–H groups in total. The maximum absolute atomic E-state index is 11.3. The van der Waals surface area contributed by atoms with E-state index in [-0.39, 0.29) is 11.6 Å². The molecule has 0 bridgehead atoms. The number of hydrogen-bond acceptors (Lipinski definition) is 2. The number of benzene rings is 1. The molecule has 0 aliphatic rings. The fourth-order valence-corrected chi connectivity index (χ4v) is 2.35. The van der Waals surface area contributed by atoms with Gasteiger partial charge in [-0.15, -0.1) is 0 Å². The highest BCUT2D eigenvalue weighted by atomic mass is 16.5. The lowest BCUT2D eigenvalue weighted by atomic mass is 9.98. The van der Waals surface area contributed by atoms with Gasteiger partial charge in [-0.05, 0) is 36.1 Å². The summed E-state index contributed by atoms with van der Waals surface area (Å²) in [6.45, 7) is 5.92. The summed E-state index contributed by atoms with van der Waals surface area (Å²) < 4.78 is 5.25. The molecule has 18 heavy (non-hydrogen) atoms. The standard InChI is InChI=1S/C14H17NO3/c1-7(2)11-10-6-9(18-4)5-8(3)12(10)15-13(11)14(16)17/h5-7,15H,1-4H3,(H,16,17). The van der Waals surface area contributed by atoms with Crippen LogP contribution in [0.2, 0.25) is 0 Å². The van der Waals surface area contributed by atoms with E-state index in [1.165, 1.54) is 0 Å². The van der Waals surface area contributed by atoms with Crippen LogP contribution in [0.1, 0.15) is 41.4 Å².